The second-order valence-electron chi connectivity index (χ2n) is 4.88. The molecule has 108 valence electrons. The molecular weight excluding hydrogens is 292 g/mol. The van der Waals surface area contributed by atoms with E-state index in [1.165, 1.54) is 23.9 Å². The highest BCUT2D eigenvalue weighted by molar-refractivity contribution is 8.13. The van der Waals surface area contributed by atoms with E-state index in [2.05, 4.69) is 5.32 Å². The number of ether oxygens (including phenoxy) is 1. The summed E-state index contributed by atoms with van der Waals surface area (Å²) in [5.74, 6) is -0.392. The third-order valence-corrected chi connectivity index (χ3v) is 3.77. The number of aromatic nitrogens is 1. The molecular formula is C11H17ClN2O4S. The number of hydrogen-bond acceptors (Lipinski definition) is 4. The Hall–Kier alpha value is -1.05. The largest absolute Gasteiger partial charge is 0.382 e. The molecule has 1 N–H and O–H groups in total. The summed E-state index contributed by atoms with van der Waals surface area (Å²) < 4.78 is 28.8. The minimum Gasteiger partial charge on any atom is -0.382 e. The Morgan fingerprint density at radius 3 is 2.53 bits per heavy atom. The van der Waals surface area contributed by atoms with Gasteiger partial charge in [-0.1, -0.05) is 0 Å². The van der Waals surface area contributed by atoms with Crippen molar-refractivity contribution in [2.24, 2.45) is 7.05 Å². The lowest BCUT2D eigenvalue weighted by Gasteiger charge is -2.25. The van der Waals surface area contributed by atoms with Crippen molar-refractivity contribution < 1.29 is 17.9 Å². The van der Waals surface area contributed by atoms with Crippen LogP contribution in [-0.4, -0.2) is 38.1 Å². The molecule has 0 aliphatic heterocycles. The zero-order chi connectivity index (χ0) is 14.8. The van der Waals surface area contributed by atoms with Crippen molar-refractivity contribution in [3.63, 3.8) is 0 Å². The van der Waals surface area contributed by atoms with Crippen LogP contribution in [0.2, 0.25) is 0 Å². The molecule has 0 unspecified atom stereocenters. The number of methoxy groups -OCH3 is 1. The number of hydrogen-bond donors (Lipinski definition) is 1. The fraction of sp³-hybridized carbons (Fsp3) is 0.545. The van der Waals surface area contributed by atoms with E-state index in [9.17, 15) is 13.2 Å². The van der Waals surface area contributed by atoms with Gasteiger partial charge in [0.2, 0.25) is 0 Å². The maximum Gasteiger partial charge on any atom is 0.268 e. The molecule has 0 radical (unpaired) electrons. The van der Waals surface area contributed by atoms with Gasteiger partial charge in [-0.05, 0) is 19.9 Å². The number of carbonyl (C=O) groups excluding carboxylic acids is 1. The molecule has 0 atom stereocenters. The first-order valence-electron chi connectivity index (χ1n) is 5.49. The molecule has 0 aliphatic rings. The van der Waals surface area contributed by atoms with Crippen LogP contribution in [0.3, 0.4) is 0 Å². The lowest BCUT2D eigenvalue weighted by atomic mass is 10.1. The van der Waals surface area contributed by atoms with Gasteiger partial charge in [-0.2, -0.15) is 0 Å². The van der Waals surface area contributed by atoms with Crippen LogP contribution in [0, 0.1) is 0 Å². The van der Waals surface area contributed by atoms with Crippen molar-refractivity contribution in [2.45, 2.75) is 24.3 Å². The van der Waals surface area contributed by atoms with E-state index in [1.807, 2.05) is 0 Å². The maximum atomic E-state index is 12.1. The topological polar surface area (TPSA) is 77.4 Å². The van der Waals surface area contributed by atoms with Crippen molar-refractivity contribution in [3.8, 4) is 0 Å². The van der Waals surface area contributed by atoms with E-state index in [0.29, 0.717) is 6.61 Å². The van der Waals surface area contributed by atoms with Gasteiger partial charge in [0.05, 0.1) is 12.1 Å². The molecule has 0 spiro atoms. The average molecular weight is 309 g/mol. The van der Waals surface area contributed by atoms with Gasteiger partial charge in [0, 0.05) is 31.0 Å². The van der Waals surface area contributed by atoms with Crippen molar-refractivity contribution in [1.82, 2.24) is 9.88 Å². The zero-order valence-corrected chi connectivity index (χ0v) is 12.8. The van der Waals surface area contributed by atoms with Crippen molar-refractivity contribution >= 4 is 25.6 Å². The molecule has 0 saturated carbocycles. The molecule has 0 bridgehead atoms. The van der Waals surface area contributed by atoms with Crippen molar-refractivity contribution in [1.29, 1.82) is 0 Å². The van der Waals surface area contributed by atoms with E-state index in [-0.39, 0.29) is 10.6 Å². The number of amides is 1. The molecule has 0 aromatic carbocycles. The molecule has 19 heavy (non-hydrogen) atoms. The fourth-order valence-electron chi connectivity index (χ4n) is 1.66. The zero-order valence-electron chi connectivity index (χ0n) is 11.2. The van der Waals surface area contributed by atoms with Crippen LogP contribution in [0.4, 0.5) is 0 Å². The molecule has 1 aromatic heterocycles. The maximum absolute atomic E-state index is 12.1. The van der Waals surface area contributed by atoms with Crippen LogP contribution >= 0.6 is 10.7 Å². The number of carbonyl (C=O) groups is 1. The van der Waals surface area contributed by atoms with E-state index >= 15 is 0 Å². The minimum absolute atomic E-state index is 0.105. The van der Waals surface area contributed by atoms with Gasteiger partial charge in [-0.15, -0.1) is 0 Å². The first-order valence-corrected chi connectivity index (χ1v) is 7.80. The first kappa shape index (κ1) is 16.0. The summed E-state index contributed by atoms with van der Waals surface area (Å²) in [6, 6.07) is 1.24. The molecule has 1 rings (SSSR count). The lowest BCUT2D eigenvalue weighted by molar-refractivity contribution is 0.0812. The smallest absolute Gasteiger partial charge is 0.268 e. The third-order valence-electron chi connectivity index (χ3n) is 2.45. The molecule has 1 aromatic rings. The SMILES string of the molecule is COCC(C)(C)NC(=O)c1cc(S(=O)(=O)Cl)cn1C. The quantitative estimate of drug-likeness (QED) is 0.827. The number of nitrogens with one attached hydrogen (secondary N) is 1. The summed E-state index contributed by atoms with van der Waals surface area (Å²) in [5, 5.41) is 2.76. The average Bonchev–Trinajstić information content (AvgIpc) is 2.58. The Bertz CT molecular complexity index is 578. The monoisotopic (exact) mass is 308 g/mol. The minimum atomic E-state index is -3.85. The lowest BCUT2D eigenvalue weighted by Crippen LogP contribution is -2.47. The number of halogens is 1. The van der Waals surface area contributed by atoms with E-state index < -0.39 is 20.5 Å². The summed E-state index contributed by atoms with van der Waals surface area (Å²) in [4.78, 5) is 12.0. The van der Waals surface area contributed by atoms with Crippen LogP contribution in [0.25, 0.3) is 0 Å². The van der Waals surface area contributed by atoms with E-state index in [1.54, 1.807) is 20.9 Å². The summed E-state index contributed by atoms with van der Waals surface area (Å²) in [6.45, 7) is 3.94. The fourth-order valence-corrected chi connectivity index (χ4v) is 2.45. The van der Waals surface area contributed by atoms with Crippen LogP contribution in [0.1, 0.15) is 24.3 Å². The molecule has 1 amide bonds. The van der Waals surface area contributed by atoms with Crippen LogP contribution in [0.15, 0.2) is 17.2 Å². The van der Waals surface area contributed by atoms with E-state index in [4.69, 9.17) is 15.4 Å². The second-order valence-corrected chi connectivity index (χ2v) is 7.45. The molecule has 0 aliphatic carbocycles. The van der Waals surface area contributed by atoms with Crippen LogP contribution in [-0.2, 0) is 20.8 Å². The van der Waals surface area contributed by atoms with Crippen LogP contribution < -0.4 is 5.32 Å². The Kier molecular flexibility index (Phi) is 4.65. The van der Waals surface area contributed by atoms with Gasteiger partial charge < -0.3 is 14.6 Å². The van der Waals surface area contributed by atoms with Gasteiger partial charge in [0.1, 0.15) is 10.6 Å². The summed E-state index contributed by atoms with van der Waals surface area (Å²) >= 11 is 0. The Morgan fingerprint density at radius 2 is 2.11 bits per heavy atom. The summed E-state index contributed by atoms with van der Waals surface area (Å²) in [6.07, 6.45) is 1.29. The normalized spacial score (nSPS) is 12.5. The van der Waals surface area contributed by atoms with Crippen LogP contribution in [0.5, 0.6) is 0 Å². The number of aryl methyl sites for hydroxylation is 1. The van der Waals surface area contributed by atoms with Gasteiger partial charge in [0.15, 0.2) is 0 Å². The predicted molar refractivity (Wildman–Crippen MR) is 71.9 cm³/mol. The highest BCUT2D eigenvalue weighted by Crippen LogP contribution is 2.18. The molecule has 8 heteroatoms. The molecule has 0 saturated heterocycles. The van der Waals surface area contributed by atoms with Gasteiger partial charge in [0.25, 0.3) is 15.0 Å². The molecule has 6 nitrogen and oxygen atoms in total. The highest BCUT2D eigenvalue weighted by Gasteiger charge is 2.24. The highest BCUT2D eigenvalue weighted by atomic mass is 35.7. The van der Waals surface area contributed by atoms with Crippen molar-refractivity contribution in [3.05, 3.63) is 18.0 Å². The van der Waals surface area contributed by atoms with Crippen molar-refractivity contribution in [2.75, 3.05) is 13.7 Å². The Morgan fingerprint density at radius 1 is 1.53 bits per heavy atom. The first-order chi connectivity index (χ1) is 8.57. The van der Waals surface area contributed by atoms with Gasteiger partial charge in [-0.25, -0.2) is 8.42 Å². The molecule has 0 fully saturated rings. The standard InChI is InChI=1S/C11H17ClN2O4S/c1-11(2,7-18-4)13-10(15)9-5-8(6-14(9)3)19(12,16)17/h5-6H,7H2,1-4H3,(H,13,15). The number of rotatable bonds is 5. The predicted octanol–water partition coefficient (Wildman–Crippen LogP) is 1.11. The summed E-state index contributed by atoms with van der Waals surface area (Å²) in [5.41, 5.74) is -0.348. The third kappa shape index (κ3) is 4.22. The van der Waals surface area contributed by atoms with Gasteiger partial charge in [-0.3, -0.25) is 4.79 Å². The second kappa shape index (κ2) is 5.52. The number of nitrogens with zero attached hydrogens (tertiary/aromatic N) is 1. The Labute approximate surface area is 117 Å². The molecule has 1 heterocycles. The Balaban J connectivity index is 2.99. The van der Waals surface area contributed by atoms with E-state index in [0.717, 1.165) is 0 Å². The van der Waals surface area contributed by atoms with Gasteiger partial charge >= 0.3 is 0 Å². The summed E-state index contributed by atoms with van der Waals surface area (Å²) in [7, 11) is 4.50.